The molecule has 0 unspecified atom stereocenters. The van der Waals surface area contributed by atoms with Crippen LogP contribution < -0.4 is 22.9 Å². The highest BCUT2D eigenvalue weighted by atomic mass is 32.1. The van der Waals surface area contributed by atoms with Crippen LogP contribution in [-0.2, 0) is 12.8 Å². The molecule has 0 amide bonds. The first-order chi connectivity index (χ1) is 14.0. The van der Waals surface area contributed by atoms with E-state index in [0.29, 0.717) is 13.1 Å². The number of nitrogens with two attached hydrogens (primary N) is 4. The lowest BCUT2D eigenvalue weighted by atomic mass is 10.1. The van der Waals surface area contributed by atoms with Crippen LogP contribution in [0.4, 0.5) is 0 Å². The molecule has 8 N–H and O–H groups in total. The Morgan fingerprint density at radius 1 is 0.655 bits per heavy atom. The van der Waals surface area contributed by atoms with Crippen molar-refractivity contribution in [1.82, 2.24) is 0 Å². The Labute approximate surface area is 175 Å². The van der Waals surface area contributed by atoms with Crippen LogP contribution in [0.2, 0.25) is 0 Å². The molecule has 0 fully saturated rings. The maximum atomic E-state index is 5.40. The number of rotatable bonds is 8. The molecule has 0 atom stereocenters. The van der Waals surface area contributed by atoms with Gasteiger partial charge in [0.15, 0.2) is 11.9 Å². The zero-order valence-electron chi connectivity index (χ0n) is 16.2. The average Bonchev–Trinajstić information content (AvgIpc) is 3.18. The fourth-order valence-electron chi connectivity index (χ4n) is 3.04. The number of guanidine groups is 2. The SMILES string of the molecule is NC(N)=NCCc1cccc(-c2ccc(-c3cccc(CCN=C(N)N)c3)s2)c1. The molecule has 0 aliphatic carbocycles. The van der Waals surface area contributed by atoms with Gasteiger partial charge in [-0.15, -0.1) is 11.3 Å². The van der Waals surface area contributed by atoms with Crippen molar-refractivity contribution < 1.29 is 0 Å². The second kappa shape index (κ2) is 9.75. The van der Waals surface area contributed by atoms with Gasteiger partial charge in [0.1, 0.15) is 0 Å². The molecule has 3 rings (SSSR count). The molecule has 29 heavy (non-hydrogen) atoms. The molecule has 150 valence electrons. The van der Waals surface area contributed by atoms with Crippen molar-refractivity contribution >= 4 is 23.3 Å². The summed E-state index contributed by atoms with van der Waals surface area (Å²) in [4.78, 5) is 10.6. The van der Waals surface area contributed by atoms with Gasteiger partial charge >= 0.3 is 0 Å². The maximum absolute atomic E-state index is 5.40. The highest BCUT2D eigenvalue weighted by Gasteiger charge is 2.07. The van der Waals surface area contributed by atoms with Gasteiger partial charge in [-0.05, 0) is 47.2 Å². The summed E-state index contributed by atoms with van der Waals surface area (Å²) in [6, 6.07) is 21.3. The summed E-state index contributed by atoms with van der Waals surface area (Å²) in [6.45, 7) is 1.18. The minimum absolute atomic E-state index is 0.129. The van der Waals surface area contributed by atoms with Crippen LogP contribution in [0, 0.1) is 0 Å². The van der Waals surface area contributed by atoms with Crippen molar-refractivity contribution in [2.24, 2.45) is 32.9 Å². The topological polar surface area (TPSA) is 129 Å². The predicted octanol–water partition coefficient (Wildman–Crippen LogP) is 2.71. The van der Waals surface area contributed by atoms with Crippen molar-refractivity contribution in [2.45, 2.75) is 12.8 Å². The Morgan fingerprint density at radius 3 is 1.52 bits per heavy atom. The molecule has 0 radical (unpaired) electrons. The summed E-state index contributed by atoms with van der Waals surface area (Å²) < 4.78 is 0. The van der Waals surface area contributed by atoms with E-state index in [1.165, 1.54) is 32.0 Å². The van der Waals surface area contributed by atoms with Gasteiger partial charge in [-0.3, -0.25) is 9.98 Å². The summed E-state index contributed by atoms with van der Waals surface area (Å²) in [6.07, 6.45) is 1.61. The molecule has 0 bridgehead atoms. The fourth-order valence-corrected chi connectivity index (χ4v) is 4.04. The Balaban J connectivity index is 1.74. The summed E-state index contributed by atoms with van der Waals surface area (Å²) in [5.74, 6) is 0.258. The van der Waals surface area contributed by atoms with Crippen molar-refractivity contribution in [3.8, 4) is 20.9 Å². The van der Waals surface area contributed by atoms with Crippen molar-refractivity contribution in [1.29, 1.82) is 0 Å². The first kappa shape index (κ1) is 20.4. The van der Waals surface area contributed by atoms with Gasteiger partial charge in [-0.1, -0.05) is 48.5 Å². The molecule has 0 spiro atoms. The highest BCUT2D eigenvalue weighted by molar-refractivity contribution is 7.18. The van der Waals surface area contributed by atoms with E-state index < -0.39 is 0 Å². The van der Waals surface area contributed by atoms with Gasteiger partial charge in [0.2, 0.25) is 0 Å². The Kier molecular flexibility index (Phi) is 6.86. The highest BCUT2D eigenvalue weighted by Crippen LogP contribution is 2.35. The number of nitrogens with zero attached hydrogens (tertiary/aromatic N) is 2. The third-order valence-electron chi connectivity index (χ3n) is 4.42. The molecule has 0 saturated heterocycles. The molecule has 1 aromatic heterocycles. The van der Waals surface area contributed by atoms with Crippen molar-refractivity contribution in [2.75, 3.05) is 13.1 Å². The summed E-state index contributed by atoms with van der Waals surface area (Å²) in [7, 11) is 0. The van der Waals surface area contributed by atoms with E-state index in [-0.39, 0.29) is 11.9 Å². The van der Waals surface area contributed by atoms with Crippen LogP contribution in [-0.4, -0.2) is 25.0 Å². The summed E-state index contributed by atoms with van der Waals surface area (Å²) in [5, 5.41) is 0. The van der Waals surface area contributed by atoms with E-state index in [0.717, 1.165) is 12.8 Å². The molecule has 0 aliphatic heterocycles. The zero-order chi connectivity index (χ0) is 20.6. The molecular formula is C22H26N6S. The van der Waals surface area contributed by atoms with Gasteiger partial charge in [-0.2, -0.15) is 0 Å². The van der Waals surface area contributed by atoms with Crippen molar-refractivity contribution in [3.05, 3.63) is 71.8 Å². The van der Waals surface area contributed by atoms with Crippen LogP contribution in [0.15, 0.2) is 70.6 Å². The van der Waals surface area contributed by atoms with Crippen LogP contribution in [0.1, 0.15) is 11.1 Å². The molecule has 1 heterocycles. The predicted molar refractivity (Wildman–Crippen MR) is 124 cm³/mol. The third-order valence-corrected chi connectivity index (χ3v) is 5.60. The first-order valence-corrected chi connectivity index (χ1v) is 10.2. The van der Waals surface area contributed by atoms with Gasteiger partial charge in [0, 0.05) is 22.8 Å². The van der Waals surface area contributed by atoms with E-state index in [1.54, 1.807) is 11.3 Å². The monoisotopic (exact) mass is 406 g/mol. The molecule has 6 nitrogen and oxygen atoms in total. The lowest BCUT2D eigenvalue weighted by Gasteiger charge is -2.04. The molecule has 7 heteroatoms. The number of hydrogen-bond donors (Lipinski definition) is 4. The molecule has 3 aromatic rings. The largest absolute Gasteiger partial charge is 0.370 e. The van der Waals surface area contributed by atoms with Crippen LogP contribution in [0.5, 0.6) is 0 Å². The fraction of sp³-hybridized carbons (Fsp3) is 0.182. The summed E-state index contributed by atoms with van der Waals surface area (Å²) in [5.41, 5.74) is 26.4. The van der Waals surface area contributed by atoms with Crippen LogP contribution in [0.25, 0.3) is 20.9 Å². The first-order valence-electron chi connectivity index (χ1n) is 9.40. The lowest BCUT2D eigenvalue weighted by molar-refractivity contribution is 0.963. The zero-order valence-corrected chi connectivity index (χ0v) is 17.0. The Morgan fingerprint density at radius 2 is 1.10 bits per heavy atom. The number of benzene rings is 2. The van der Waals surface area contributed by atoms with E-state index in [2.05, 4.69) is 70.6 Å². The molecule has 0 aliphatic rings. The molecule has 0 saturated carbocycles. The second-order valence-corrected chi connectivity index (χ2v) is 7.76. The van der Waals surface area contributed by atoms with Crippen molar-refractivity contribution in [3.63, 3.8) is 0 Å². The number of aliphatic imine (C=N–C) groups is 2. The average molecular weight is 407 g/mol. The van der Waals surface area contributed by atoms with Crippen LogP contribution >= 0.6 is 11.3 Å². The number of hydrogen-bond acceptors (Lipinski definition) is 3. The molecular weight excluding hydrogens is 380 g/mol. The maximum Gasteiger partial charge on any atom is 0.185 e. The summed E-state index contributed by atoms with van der Waals surface area (Å²) >= 11 is 1.78. The van der Waals surface area contributed by atoms with Gasteiger partial charge in [0.05, 0.1) is 0 Å². The van der Waals surface area contributed by atoms with Gasteiger partial charge in [0.25, 0.3) is 0 Å². The quantitative estimate of drug-likeness (QED) is 0.338. The van der Waals surface area contributed by atoms with E-state index in [1.807, 2.05) is 0 Å². The number of thiophene rings is 1. The second-order valence-electron chi connectivity index (χ2n) is 6.68. The van der Waals surface area contributed by atoms with E-state index in [4.69, 9.17) is 22.9 Å². The third kappa shape index (κ3) is 6.08. The smallest absolute Gasteiger partial charge is 0.185 e. The van der Waals surface area contributed by atoms with E-state index in [9.17, 15) is 0 Å². The normalized spacial score (nSPS) is 10.5. The van der Waals surface area contributed by atoms with Gasteiger partial charge < -0.3 is 22.9 Å². The van der Waals surface area contributed by atoms with E-state index >= 15 is 0 Å². The lowest BCUT2D eigenvalue weighted by Crippen LogP contribution is -2.23. The minimum Gasteiger partial charge on any atom is -0.370 e. The van der Waals surface area contributed by atoms with Crippen LogP contribution in [0.3, 0.4) is 0 Å². The minimum atomic E-state index is 0.129. The Bertz CT molecular complexity index is 933. The standard InChI is InChI=1S/C22H26N6S/c23-21(24)27-11-9-15-3-1-5-17(13-15)19-7-8-20(29-19)18-6-2-4-16(14-18)10-12-28-22(25)26/h1-8,13-14H,9-12H2,(H4,23,24,27)(H4,25,26,28). The Hall–Kier alpha value is -3.32. The van der Waals surface area contributed by atoms with Gasteiger partial charge in [-0.25, -0.2) is 0 Å². The molecule has 2 aromatic carbocycles.